The molecule has 1 aromatic carbocycles. The summed E-state index contributed by atoms with van der Waals surface area (Å²) < 4.78 is 0. The third-order valence-electron chi connectivity index (χ3n) is 5.28. The number of likely N-dealkylation sites (tertiary alicyclic amines) is 2. The Morgan fingerprint density at radius 1 is 1.24 bits per heavy atom. The minimum absolute atomic E-state index is 0.717. The van der Waals surface area contributed by atoms with Gasteiger partial charge in [-0.15, -0.1) is 0 Å². The van der Waals surface area contributed by atoms with E-state index < -0.39 is 0 Å². The molecule has 4 nitrogen and oxygen atoms in total. The number of benzene rings is 1. The van der Waals surface area contributed by atoms with Crippen molar-refractivity contribution in [2.24, 2.45) is 4.99 Å². The Labute approximate surface area is 157 Å². The number of nitrogens with zero attached hydrogens (tertiary/aromatic N) is 3. The summed E-state index contributed by atoms with van der Waals surface area (Å²) in [4.78, 5) is 9.99. The lowest BCUT2D eigenvalue weighted by atomic mass is 10.1. The number of rotatable bonds is 6. The zero-order chi connectivity index (χ0) is 17.5. The van der Waals surface area contributed by atoms with Crippen LogP contribution in [0.15, 0.2) is 29.3 Å². The largest absolute Gasteiger partial charge is 0.357 e. The molecule has 3 rings (SSSR count). The maximum atomic E-state index is 6.24. The maximum absolute atomic E-state index is 6.24. The summed E-state index contributed by atoms with van der Waals surface area (Å²) in [6.07, 6.45) is 6.02. The van der Waals surface area contributed by atoms with Crippen LogP contribution in [0.3, 0.4) is 0 Å². The van der Waals surface area contributed by atoms with Crippen LogP contribution in [0.4, 0.5) is 0 Å². The minimum atomic E-state index is 0.717. The van der Waals surface area contributed by atoms with Gasteiger partial charge in [0, 0.05) is 37.2 Å². The molecule has 0 amide bonds. The van der Waals surface area contributed by atoms with Crippen molar-refractivity contribution >= 4 is 17.6 Å². The lowest BCUT2D eigenvalue weighted by molar-refractivity contribution is 0.249. The van der Waals surface area contributed by atoms with E-state index in [2.05, 4.69) is 34.2 Å². The zero-order valence-electron chi connectivity index (χ0n) is 15.4. The van der Waals surface area contributed by atoms with Crippen molar-refractivity contribution in [1.29, 1.82) is 0 Å². The quantitative estimate of drug-likeness (QED) is 0.478. The van der Waals surface area contributed by atoms with E-state index >= 15 is 0 Å². The van der Waals surface area contributed by atoms with Crippen molar-refractivity contribution in [3.8, 4) is 0 Å². The smallest absolute Gasteiger partial charge is 0.193 e. The normalized spacial score (nSPS) is 21.9. The van der Waals surface area contributed by atoms with Gasteiger partial charge in [0.15, 0.2) is 5.96 Å². The first-order valence-corrected chi connectivity index (χ1v) is 10.2. The molecule has 5 heteroatoms. The van der Waals surface area contributed by atoms with Crippen molar-refractivity contribution in [3.05, 3.63) is 34.9 Å². The third kappa shape index (κ3) is 5.11. The first-order chi connectivity index (χ1) is 12.3. The van der Waals surface area contributed by atoms with Crippen LogP contribution in [-0.2, 0) is 6.42 Å². The molecule has 0 radical (unpaired) electrons. The number of aryl methyl sites for hydroxylation is 1. The Bertz CT molecular complexity index is 569. The van der Waals surface area contributed by atoms with Gasteiger partial charge in [-0.25, -0.2) is 0 Å². The van der Waals surface area contributed by atoms with Gasteiger partial charge in [-0.05, 0) is 63.7 Å². The first kappa shape index (κ1) is 18.5. The molecule has 2 aliphatic heterocycles. The summed E-state index contributed by atoms with van der Waals surface area (Å²) in [6.45, 7) is 8.72. The molecule has 0 aliphatic carbocycles. The van der Waals surface area contributed by atoms with E-state index in [-0.39, 0.29) is 0 Å². The second kappa shape index (κ2) is 9.44. The van der Waals surface area contributed by atoms with Gasteiger partial charge in [0.2, 0.25) is 0 Å². The molecule has 1 unspecified atom stereocenters. The molecule has 2 heterocycles. The van der Waals surface area contributed by atoms with Gasteiger partial charge < -0.3 is 10.2 Å². The second-order valence-corrected chi connectivity index (χ2v) is 7.47. The van der Waals surface area contributed by atoms with Crippen LogP contribution in [0.1, 0.15) is 38.2 Å². The predicted octanol–water partition coefficient (Wildman–Crippen LogP) is 3.41. The standard InChI is InChI=1S/C20H31ClN4/c1-2-22-20(23-12-7-9-17-8-3-4-10-19(17)21)25-15-11-18(16-25)24-13-5-6-14-24/h3-4,8,10,18H,2,5-7,9,11-16H2,1H3,(H,22,23). The van der Waals surface area contributed by atoms with E-state index in [9.17, 15) is 0 Å². The molecule has 1 N–H and O–H groups in total. The fourth-order valence-electron chi connectivity index (χ4n) is 3.92. The van der Waals surface area contributed by atoms with Crippen molar-refractivity contribution in [1.82, 2.24) is 15.1 Å². The van der Waals surface area contributed by atoms with Gasteiger partial charge >= 0.3 is 0 Å². The Balaban J connectivity index is 1.50. The molecule has 2 fully saturated rings. The van der Waals surface area contributed by atoms with Crippen LogP contribution in [0.2, 0.25) is 5.02 Å². The SMILES string of the molecule is CCNC(=NCCCc1ccccc1Cl)N1CCC(N2CCCC2)C1. The van der Waals surface area contributed by atoms with Crippen molar-refractivity contribution in [2.45, 2.75) is 45.1 Å². The fourth-order valence-corrected chi connectivity index (χ4v) is 4.15. The summed E-state index contributed by atoms with van der Waals surface area (Å²) in [5, 5.41) is 4.34. The van der Waals surface area contributed by atoms with Crippen LogP contribution >= 0.6 is 11.6 Å². The molecule has 1 atom stereocenters. The molecule has 1 aromatic rings. The van der Waals surface area contributed by atoms with Crippen molar-refractivity contribution in [3.63, 3.8) is 0 Å². The lowest BCUT2D eigenvalue weighted by Crippen LogP contribution is -2.42. The second-order valence-electron chi connectivity index (χ2n) is 7.06. The van der Waals surface area contributed by atoms with E-state index in [0.717, 1.165) is 56.0 Å². The van der Waals surface area contributed by atoms with Gasteiger partial charge in [-0.3, -0.25) is 9.89 Å². The summed E-state index contributed by atoms with van der Waals surface area (Å²) >= 11 is 6.24. The average molecular weight is 363 g/mol. The van der Waals surface area contributed by atoms with Crippen molar-refractivity contribution < 1.29 is 0 Å². The highest BCUT2D eigenvalue weighted by Gasteiger charge is 2.30. The molecule has 0 spiro atoms. The maximum Gasteiger partial charge on any atom is 0.193 e. The topological polar surface area (TPSA) is 30.9 Å². The molecule has 0 saturated carbocycles. The fraction of sp³-hybridized carbons (Fsp3) is 0.650. The van der Waals surface area contributed by atoms with E-state index in [1.165, 1.54) is 37.9 Å². The molecule has 25 heavy (non-hydrogen) atoms. The zero-order valence-corrected chi connectivity index (χ0v) is 16.1. The summed E-state index contributed by atoms with van der Waals surface area (Å²) in [6, 6.07) is 8.83. The molecule has 0 bridgehead atoms. The number of halogens is 1. The molecule has 0 aromatic heterocycles. The highest BCUT2D eigenvalue weighted by molar-refractivity contribution is 6.31. The van der Waals surface area contributed by atoms with Crippen LogP contribution in [0.25, 0.3) is 0 Å². The van der Waals surface area contributed by atoms with Crippen LogP contribution < -0.4 is 5.32 Å². The monoisotopic (exact) mass is 362 g/mol. The average Bonchev–Trinajstić information content (AvgIpc) is 3.30. The van der Waals surface area contributed by atoms with Gasteiger partial charge in [0.05, 0.1) is 0 Å². The van der Waals surface area contributed by atoms with Gasteiger partial charge in [-0.2, -0.15) is 0 Å². The third-order valence-corrected chi connectivity index (χ3v) is 5.65. The number of hydrogen-bond donors (Lipinski definition) is 1. The molecule has 2 saturated heterocycles. The van der Waals surface area contributed by atoms with E-state index in [1.54, 1.807) is 0 Å². The summed E-state index contributed by atoms with van der Waals surface area (Å²) in [7, 11) is 0. The number of nitrogens with one attached hydrogen (secondary N) is 1. The van der Waals surface area contributed by atoms with Crippen molar-refractivity contribution in [2.75, 3.05) is 39.3 Å². The van der Waals surface area contributed by atoms with Crippen LogP contribution in [-0.4, -0.2) is 61.1 Å². The van der Waals surface area contributed by atoms with Crippen LogP contribution in [0, 0.1) is 0 Å². The molecule has 2 aliphatic rings. The molecular weight excluding hydrogens is 332 g/mol. The highest BCUT2D eigenvalue weighted by atomic mass is 35.5. The van der Waals surface area contributed by atoms with Gasteiger partial charge in [0.1, 0.15) is 0 Å². The minimum Gasteiger partial charge on any atom is -0.357 e. The number of hydrogen-bond acceptors (Lipinski definition) is 2. The predicted molar refractivity (Wildman–Crippen MR) is 107 cm³/mol. The number of aliphatic imine (C=N–C) groups is 1. The number of guanidine groups is 1. The molecular formula is C20H31ClN4. The molecule has 138 valence electrons. The Hall–Kier alpha value is -1.26. The van der Waals surface area contributed by atoms with E-state index in [1.807, 2.05) is 12.1 Å². The Kier molecular flexibility index (Phi) is 7.00. The van der Waals surface area contributed by atoms with Gasteiger partial charge in [0.25, 0.3) is 0 Å². The summed E-state index contributed by atoms with van der Waals surface area (Å²) in [5.74, 6) is 1.09. The Morgan fingerprint density at radius 3 is 2.80 bits per heavy atom. The van der Waals surface area contributed by atoms with E-state index in [0.29, 0.717) is 0 Å². The summed E-state index contributed by atoms with van der Waals surface area (Å²) in [5.41, 5.74) is 1.22. The Morgan fingerprint density at radius 2 is 2.04 bits per heavy atom. The van der Waals surface area contributed by atoms with E-state index in [4.69, 9.17) is 16.6 Å². The lowest BCUT2D eigenvalue weighted by Gasteiger charge is -2.25. The highest BCUT2D eigenvalue weighted by Crippen LogP contribution is 2.20. The van der Waals surface area contributed by atoms with Gasteiger partial charge in [-0.1, -0.05) is 29.8 Å². The van der Waals surface area contributed by atoms with Crippen LogP contribution in [0.5, 0.6) is 0 Å². The first-order valence-electron chi connectivity index (χ1n) is 9.78.